The van der Waals surface area contributed by atoms with E-state index >= 15 is 0 Å². The van der Waals surface area contributed by atoms with Gasteiger partial charge in [0.15, 0.2) is 5.13 Å². The number of aryl methyl sites for hydroxylation is 2. The zero-order valence-electron chi connectivity index (χ0n) is 19.0. The highest BCUT2D eigenvalue weighted by molar-refractivity contribution is 7.99. The first kappa shape index (κ1) is 25.7. The molecule has 0 saturated heterocycles. The summed E-state index contributed by atoms with van der Waals surface area (Å²) in [6.07, 6.45) is 0. The highest BCUT2D eigenvalue weighted by atomic mass is 35.5. The molecule has 0 saturated carbocycles. The monoisotopic (exact) mass is 477 g/mol. The summed E-state index contributed by atoms with van der Waals surface area (Å²) in [5.41, 5.74) is 4.10. The van der Waals surface area contributed by atoms with Crippen LogP contribution in [0.1, 0.15) is 42.3 Å². The second kappa shape index (κ2) is 11.9. The number of hydrogen-bond acceptors (Lipinski definition) is 5. The zero-order valence-corrected chi connectivity index (χ0v) is 21.4. The van der Waals surface area contributed by atoms with E-state index in [1.165, 1.54) is 5.56 Å². The fraction of sp³-hybridized carbons (Fsp3) is 0.417. The van der Waals surface area contributed by atoms with E-state index < -0.39 is 0 Å². The number of thioether (sulfide) groups is 1. The summed E-state index contributed by atoms with van der Waals surface area (Å²) >= 11 is 3.36. The molecule has 31 heavy (non-hydrogen) atoms. The number of anilines is 1. The van der Waals surface area contributed by atoms with Crippen LogP contribution in [-0.2, 0) is 0 Å². The minimum Gasteiger partial charge on any atom is -0.302 e. The van der Waals surface area contributed by atoms with Crippen molar-refractivity contribution in [3.05, 3.63) is 53.1 Å². The lowest BCUT2D eigenvalue weighted by Crippen LogP contribution is -2.38. The first-order valence-corrected chi connectivity index (χ1v) is 12.4. The molecule has 0 N–H and O–H groups in total. The molecular weight excluding hydrogens is 446 g/mol. The van der Waals surface area contributed by atoms with Crippen molar-refractivity contribution in [1.29, 1.82) is 0 Å². The predicted molar refractivity (Wildman–Crippen MR) is 139 cm³/mol. The Bertz CT molecular complexity index is 1020. The summed E-state index contributed by atoms with van der Waals surface area (Å²) in [7, 11) is 0. The maximum atomic E-state index is 13.6. The van der Waals surface area contributed by atoms with Crippen molar-refractivity contribution < 1.29 is 4.79 Å². The molecule has 0 fully saturated rings. The summed E-state index contributed by atoms with van der Waals surface area (Å²) in [6, 6.07) is 12.3. The fourth-order valence-electron chi connectivity index (χ4n) is 3.58. The molecule has 3 rings (SSSR count). The quantitative estimate of drug-likeness (QED) is 0.332. The largest absolute Gasteiger partial charge is 0.302 e. The number of benzene rings is 2. The van der Waals surface area contributed by atoms with Crippen LogP contribution in [0.3, 0.4) is 0 Å². The van der Waals surface area contributed by atoms with E-state index in [1.807, 2.05) is 23.1 Å². The van der Waals surface area contributed by atoms with Gasteiger partial charge in [-0.1, -0.05) is 44.2 Å². The van der Waals surface area contributed by atoms with Crippen molar-refractivity contribution in [2.24, 2.45) is 0 Å². The number of halogens is 1. The van der Waals surface area contributed by atoms with Crippen LogP contribution in [0.2, 0.25) is 0 Å². The smallest absolute Gasteiger partial charge is 0.260 e. The van der Waals surface area contributed by atoms with E-state index in [4.69, 9.17) is 4.98 Å². The van der Waals surface area contributed by atoms with E-state index in [-0.39, 0.29) is 18.3 Å². The lowest BCUT2D eigenvalue weighted by molar-refractivity contribution is 0.0983. The van der Waals surface area contributed by atoms with Gasteiger partial charge in [-0.3, -0.25) is 9.69 Å². The first-order valence-electron chi connectivity index (χ1n) is 10.6. The van der Waals surface area contributed by atoms with Gasteiger partial charge in [-0.05, 0) is 68.1 Å². The van der Waals surface area contributed by atoms with Gasteiger partial charge in [0.05, 0.1) is 10.2 Å². The molecule has 4 nitrogen and oxygen atoms in total. The van der Waals surface area contributed by atoms with Gasteiger partial charge in [0.25, 0.3) is 5.91 Å². The fourth-order valence-corrected chi connectivity index (χ4v) is 5.47. The Kier molecular flexibility index (Phi) is 9.82. The molecule has 7 heteroatoms. The van der Waals surface area contributed by atoms with Crippen molar-refractivity contribution in [2.75, 3.05) is 36.8 Å². The third-order valence-electron chi connectivity index (χ3n) is 5.22. The molecule has 1 amide bonds. The van der Waals surface area contributed by atoms with Crippen LogP contribution in [0.5, 0.6) is 0 Å². The summed E-state index contributed by atoms with van der Waals surface area (Å²) in [5.74, 6) is 1.01. The molecule has 3 aromatic rings. The van der Waals surface area contributed by atoms with Crippen LogP contribution >= 0.6 is 35.5 Å². The van der Waals surface area contributed by atoms with Crippen LogP contribution in [0.25, 0.3) is 10.2 Å². The summed E-state index contributed by atoms with van der Waals surface area (Å²) in [6.45, 7) is 14.0. The van der Waals surface area contributed by atoms with Crippen molar-refractivity contribution in [3.63, 3.8) is 0 Å². The van der Waals surface area contributed by atoms with Crippen LogP contribution in [-0.4, -0.2) is 47.7 Å². The van der Waals surface area contributed by atoms with Crippen LogP contribution in [0, 0.1) is 13.8 Å². The molecule has 1 heterocycles. The second-order valence-corrected chi connectivity index (χ2v) is 9.72. The molecule has 1 aromatic heterocycles. The molecule has 2 aromatic carbocycles. The number of fused-ring (bicyclic) bond motifs is 1. The Hall–Kier alpha value is -1.60. The van der Waals surface area contributed by atoms with E-state index in [0.717, 1.165) is 56.8 Å². The standard InChI is InChI=1S/C24H31N3OS2.ClH/c1-6-26(7-2)12-13-27(23(28)19-10-9-11-20(16-19)29-8-3)24-25-22-18(5)14-17(4)15-21(22)30-24;/h9-11,14-16H,6-8,12-13H2,1-5H3;1H. The predicted octanol–water partition coefficient (Wildman–Crippen LogP) is 6.44. The topological polar surface area (TPSA) is 36.4 Å². The number of carbonyl (C=O) groups is 1. The van der Waals surface area contributed by atoms with Crippen molar-refractivity contribution in [2.45, 2.75) is 39.5 Å². The maximum absolute atomic E-state index is 13.6. The molecule has 0 atom stereocenters. The number of thiazole rings is 1. The zero-order chi connectivity index (χ0) is 21.7. The van der Waals surface area contributed by atoms with Gasteiger partial charge >= 0.3 is 0 Å². The third kappa shape index (κ3) is 6.22. The normalized spacial score (nSPS) is 11.0. The lowest BCUT2D eigenvalue weighted by Gasteiger charge is -2.25. The molecule has 0 aliphatic heterocycles. The van der Waals surface area contributed by atoms with Gasteiger partial charge in [-0.2, -0.15) is 0 Å². The van der Waals surface area contributed by atoms with Gasteiger partial charge in [-0.15, -0.1) is 24.2 Å². The summed E-state index contributed by atoms with van der Waals surface area (Å²) < 4.78 is 1.14. The van der Waals surface area contributed by atoms with E-state index in [9.17, 15) is 4.79 Å². The highest BCUT2D eigenvalue weighted by Gasteiger charge is 2.22. The number of nitrogens with zero attached hydrogens (tertiary/aromatic N) is 3. The average molecular weight is 478 g/mol. The number of aromatic nitrogens is 1. The summed E-state index contributed by atoms with van der Waals surface area (Å²) in [5, 5.41) is 0.782. The number of rotatable bonds is 9. The minimum absolute atomic E-state index is 0. The third-order valence-corrected chi connectivity index (χ3v) is 7.12. The van der Waals surface area contributed by atoms with Crippen LogP contribution in [0.15, 0.2) is 41.3 Å². The molecule has 0 aliphatic carbocycles. The number of hydrogen-bond donors (Lipinski definition) is 0. The Balaban J connectivity index is 0.00000341. The molecule has 0 bridgehead atoms. The molecular formula is C24H32ClN3OS2. The molecule has 0 aliphatic rings. The van der Waals surface area contributed by atoms with Gasteiger partial charge in [0.2, 0.25) is 0 Å². The minimum atomic E-state index is 0. The Morgan fingerprint density at radius 2 is 1.81 bits per heavy atom. The number of carbonyl (C=O) groups excluding carboxylic acids is 1. The highest BCUT2D eigenvalue weighted by Crippen LogP contribution is 2.32. The lowest BCUT2D eigenvalue weighted by atomic mass is 10.1. The Morgan fingerprint density at radius 1 is 1.06 bits per heavy atom. The molecule has 0 unspecified atom stereocenters. The van der Waals surface area contributed by atoms with Gasteiger partial charge in [0.1, 0.15) is 0 Å². The van der Waals surface area contributed by atoms with Crippen molar-refractivity contribution in [3.8, 4) is 0 Å². The Labute approximate surface area is 200 Å². The SMILES string of the molecule is CCSc1cccc(C(=O)N(CCN(CC)CC)c2nc3c(C)cc(C)cc3s2)c1.Cl. The van der Waals surface area contributed by atoms with E-state index in [2.05, 4.69) is 57.7 Å². The molecule has 0 radical (unpaired) electrons. The van der Waals surface area contributed by atoms with E-state index in [1.54, 1.807) is 23.1 Å². The Morgan fingerprint density at radius 3 is 2.48 bits per heavy atom. The van der Waals surface area contributed by atoms with Crippen LogP contribution < -0.4 is 4.90 Å². The molecule has 0 spiro atoms. The van der Waals surface area contributed by atoms with Gasteiger partial charge < -0.3 is 4.90 Å². The average Bonchev–Trinajstić information content (AvgIpc) is 3.15. The van der Waals surface area contributed by atoms with Crippen molar-refractivity contribution >= 4 is 56.8 Å². The second-order valence-electron chi connectivity index (χ2n) is 7.37. The maximum Gasteiger partial charge on any atom is 0.260 e. The number of amides is 1. The number of likely N-dealkylation sites (N-methyl/N-ethyl adjacent to an activating group) is 1. The van der Waals surface area contributed by atoms with E-state index in [0.29, 0.717) is 6.54 Å². The van der Waals surface area contributed by atoms with Crippen molar-refractivity contribution in [1.82, 2.24) is 9.88 Å². The molecule has 168 valence electrons. The first-order chi connectivity index (χ1) is 14.5. The van der Waals surface area contributed by atoms with Gasteiger partial charge in [0, 0.05) is 23.5 Å². The summed E-state index contributed by atoms with van der Waals surface area (Å²) in [4.78, 5) is 23.8. The van der Waals surface area contributed by atoms with Gasteiger partial charge in [-0.25, -0.2) is 4.98 Å². The van der Waals surface area contributed by atoms with Crippen LogP contribution in [0.4, 0.5) is 5.13 Å².